The van der Waals surface area contributed by atoms with E-state index in [2.05, 4.69) is 216 Å². The highest BCUT2D eigenvalue weighted by molar-refractivity contribution is 6.13. The van der Waals surface area contributed by atoms with Gasteiger partial charge in [0.05, 0.1) is 27.6 Å². The summed E-state index contributed by atoms with van der Waals surface area (Å²) in [5, 5.41) is 3.63. The maximum absolute atomic E-state index is 7.50. The molecule has 3 heteroatoms. The Kier molecular flexibility index (Phi) is 7.62. The lowest BCUT2D eigenvalue weighted by Gasteiger charge is -2.48. The second-order valence-corrected chi connectivity index (χ2v) is 16.4. The van der Waals surface area contributed by atoms with Crippen molar-refractivity contribution in [2.45, 2.75) is 37.2 Å². The molecule has 59 heavy (non-hydrogen) atoms. The van der Waals surface area contributed by atoms with Crippen LogP contribution in [0.3, 0.4) is 0 Å². The van der Waals surface area contributed by atoms with Gasteiger partial charge in [0.25, 0.3) is 0 Å². The molecule has 0 bridgehead atoms. The van der Waals surface area contributed by atoms with Crippen LogP contribution in [0.5, 0.6) is 5.75 Å². The molecule has 2 aromatic heterocycles. The molecule has 9 aromatic rings. The van der Waals surface area contributed by atoms with Crippen LogP contribution in [0.25, 0.3) is 66.9 Å². The number of para-hydroxylation sites is 2. The van der Waals surface area contributed by atoms with Crippen molar-refractivity contribution >= 4 is 44.4 Å². The molecular formula is C56H42N2O. The lowest BCUT2D eigenvalue weighted by molar-refractivity contribution is 0.152. The number of aromatic nitrogens is 2. The van der Waals surface area contributed by atoms with E-state index >= 15 is 0 Å². The van der Waals surface area contributed by atoms with Crippen molar-refractivity contribution in [1.82, 2.24) is 9.13 Å². The summed E-state index contributed by atoms with van der Waals surface area (Å²) in [6.07, 6.45) is 13.5. The molecule has 0 saturated carbocycles. The number of hydrogen-bond acceptors (Lipinski definition) is 1. The minimum absolute atomic E-state index is 0.00217. The zero-order chi connectivity index (χ0) is 39.1. The fourth-order valence-corrected chi connectivity index (χ4v) is 10.6. The summed E-state index contributed by atoms with van der Waals surface area (Å²) in [7, 11) is 0. The number of benzene rings is 7. The van der Waals surface area contributed by atoms with E-state index in [4.69, 9.17) is 4.74 Å². The first-order valence-corrected chi connectivity index (χ1v) is 20.9. The van der Waals surface area contributed by atoms with Gasteiger partial charge >= 0.3 is 0 Å². The van der Waals surface area contributed by atoms with Crippen molar-refractivity contribution in [2.75, 3.05) is 0 Å². The number of fused-ring (bicyclic) bond motifs is 10. The Morgan fingerprint density at radius 1 is 0.559 bits per heavy atom. The quantitative estimate of drug-likeness (QED) is 0.171. The van der Waals surface area contributed by atoms with Gasteiger partial charge in [-0.1, -0.05) is 153 Å². The van der Waals surface area contributed by atoms with E-state index in [1.165, 1.54) is 71.8 Å². The van der Waals surface area contributed by atoms with E-state index < -0.39 is 5.41 Å². The van der Waals surface area contributed by atoms with Crippen molar-refractivity contribution in [3.05, 3.63) is 222 Å². The van der Waals surface area contributed by atoms with Crippen LogP contribution in [-0.2, 0) is 5.41 Å². The van der Waals surface area contributed by atoms with Crippen molar-refractivity contribution in [1.29, 1.82) is 0 Å². The van der Waals surface area contributed by atoms with Gasteiger partial charge in [0.1, 0.15) is 11.9 Å². The average Bonchev–Trinajstić information content (AvgIpc) is 3.83. The fourth-order valence-electron chi connectivity index (χ4n) is 10.6. The second kappa shape index (κ2) is 13.2. The molecule has 0 radical (unpaired) electrons. The van der Waals surface area contributed by atoms with Gasteiger partial charge in [-0.05, 0) is 101 Å². The molecule has 2 aliphatic carbocycles. The van der Waals surface area contributed by atoms with Gasteiger partial charge in [-0.3, -0.25) is 0 Å². The molecule has 1 aliphatic heterocycles. The Balaban J connectivity index is 1.08. The molecule has 282 valence electrons. The SMILES string of the molecule is CC1(c2ccccc2)c2ccc3c(c2OC2C=Cc4c(c5ccccc5n4-c4cccc(-c5ccccc5)c4)C21)c1ccccc1n3-c1ccc(C2=CCCC=C2)cc1. The first-order chi connectivity index (χ1) is 29.2. The summed E-state index contributed by atoms with van der Waals surface area (Å²) in [4.78, 5) is 0. The fraction of sp³-hybridized carbons (Fsp3) is 0.107. The maximum Gasteiger partial charge on any atom is 0.134 e. The van der Waals surface area contributed by atoms with Gasteiger partial charge in [-0.2, -0.15) is 0 Å². The van der Waals surface area contributed by atoms with Crippen LogP contribution in [-0.4, -0.2) is 15.2 Å². The van der Waals surface area contributed by atoms with E-state index in [0.717, 1.165) is 35.5 Å². The Labute approximate surface area is 344 Å². The van der Waals surface area contributed by atoms with Gasteiger partial charge in [0, 0.05) is 39.0 Å². The lowest BCUT2D eigenvalue weighted by Crippen LogP contribution is -2.46. The predicted octanol–water partition coefficient (Wildman–Crippen LogP) is 14.0. The highest BCUT2D eigenvalue weighted by Gasteiger charge is 2.52. The number of rotatable bonds is 5. The van der Waals surface area contributed by atoms with Crippen LogP contribution < -0.4 is 4.74 Å². The second-order valence-electron chi connectivity index (χ2n) is 16.4. The van der Waals surface area contributed by atoms with E-state index in [9.17, 15) is 0 Å². The Morgan fingerprint density at radius 2 is 1.27 bits per heavy atom. The van der Waals surface area contributed by atoms with Gasteiger partial charge in [0.15, 0.2) is 0 Å². The number of allylic oxidation sites excluding steroid dienone is 4. The molecule has 0 fully saturated rings. The van der Waals surface area contributed by atoms with E-state index in [1.807, 2.05) is 0 Å². The van der Waals surface area contributed by atoms with Crippen molar-refractivity contribution in [2.24, 2.45) is 0 Å². The number of ether oxygens (including phenoxy) is 1. The summed E-state index contributed by atoms with van der Waals surface area (Å²) in [5.41, 5.74) is 15.4. The lowest BCUT2D eigenvalue weighted by atomic mass is 9.60. The van der Waals surface area contributed by atoms with E-state index in [1.54, 1.807) is 0 Å². The van der Waals surface area contributed by atoms with Crippen LogP contribution in [0.1, 0.15) is 53.6 Å². The highest BCUT2D eigenvalue weighted by Crippen LogP contribution is 2.59. The summed E-state index contributed by atoms with van der Waals surface area (Å²) in [6, 6.07) is 62.3. The third-order valence-corrected chi connectivity index (χ3v) is 13.3. The summed E-state index contributed by atoms with van der Waals surface area (Å²) < 4.78 is 12.4. The molecule has 3 aliphatic rings. The molecule has 0 saturated heterocycles. The molecule has 0 N–H and O–H groups in total. The first-order valence-electron chi connectivity index (χ1n) is 20.9. The molecular weight excluding hydrogens is 717 g/mol. The number of hydrogen-bond donors (Lipinski definition) is 0. The zero-order valence-corrected chi connectivity index (χ0v) is 32.9. The van der Waals surface area contributed by atoms with Gasteiger partial charge < -0.3 is 13.9 Å². The molecule has 3 nitrogen and oxygen atoms in total. The number of nitrogens with zero attached hydrogens (tertiary/aromatic N) is 2. The van der Waals surface area contributed by atoms with Gasteiger partial charge in [-0.25, -0.2) is 0 Å². The molecule has 0 spiro atoms. The molecule has 3 atom stereocenters. The first kappa shape index (κ1) is 34.0. The van der Waals surface area contributed by atoms with Crippen LogP contribution in [0, 0.1) is 0 Å². The van der Waals surface area contributed by atoms with Crippen molar-refractivity contribution in [3.63, 3.8) is 0 Å². The van der Waals surface area contributed by atoms with Gasteiger partial charge in [0.2, 0.25) is 0 Å². The Hall–Kier alpha value is -7.10. The van der Waals surface area contributed by atoms with Crippen LogP contribution >= 0.6 is 0 Å². The minimum atomic E-state index is -0.430. The molecule has 3 heterocycles. The Bertz CT molecular complexity index is 3200. The van der Waals surface area contributed by atoms with Gasteiger partial charge in [-0.15, -0.1) is 0 Å². The standard InChI is InChI=1S/C56H42N2O/c1-56(41-21-9-4-10-22-41)46-32-33-50-53(45-25-12-14-27-48(45)57(50)42-30-28-39(29-31-42)37-16-5-2-6-17-37)55(46)59-51-35-34-49-52(54(51)56)44-24-11-13-26-47(44)58(49)43-23-15-20-40(36-43)38-18-7-3-8-19-38/h3-5,7-36,51,54H,2,6H2,1H3. The zero-order valence-electron chi connectivity index (χ0n) is 32.9. The highest BCUT2D eigenvalue weighted by atomic mass is 16.5. The molecule has 0 amide bonds. The normalized spacial score (nSPS) is 19.3. The van der Waals surface area contributed by atoms with Crippen LogP contribution in [0.4, 0.5) is 0 Å². The van der Waals surface area contributed by atoms with E-state index in [-0.39, 0.29) is 12.0 Å². The summed E-state index contributed by atoms with van der Waals surface area (Å²) in [6.45, 7) is 2.46. The summed E-state index contributed by atoms with van der Waals surface area (Å²) in [5.74, 6) is 0.980. The average molecular weight is 759 g/mol. The van der Waals surface area contributed by atoms with Crippen LogP contribution in [0.15, 0.2) is 194 Å². The molecule has 7 aromatic carbocycles. The monoisotopic (exact) mass is 758 g/mol. The largest absolute Gasteiger partial charge is 0.485 e. The predicted molar refractivity (Wildman–Crippen MR) is 245 cm³/mol. The minimum Gasteiger partial charge on any atom is -0.485 e. The molecule has 12 rings (SSSR count). The third-order valence-electron chi connectivity index (χ3n) is 13.3. The maximum atomic E-state index is 7.50. The third kappa shape index (κ3) is 5.07. The van der Waals surface area contributed by atoms with Crippen LogP contribution in [0.2, 0.25) is 0 Å². The molecule has 3 unspecified atom stereocenters. The van der Waals surface area contributed by atoms with E-state index in [0.29, 0.717) is 0 Å². The Morgan fingerprint density at radius 3 is 2.05 bits per heavy atom. The summed E-state index contributed by atoms with van der Waals surface area (Å²) >= 11 is 0. The smallest absolute Gasteiger partial charge is 0.134 e. The van der Waals surface area contributed by atoms with Crippen molar-refractivity contribution in [3.8, 4) is 28.3 Å². The topological polar surface area (TPSA) is 19.1 Å². The van der Waals surface area contributed by atoms with Crippen molar-refractivity contribution < 1.29 is 4.74 Å².